The van der Waals surface area contributed by atoms with Crippen LogP contribution in [-0.2, 0) is 9.59 Å². The molecular weight excluding hydrogens is 462 g/mol. The molecule has 0 unspecified atom stereocenters. The molecule has 0 spiro atoms. The van der Waals surface area contributed by atoms with E-state index in [0.29, 0.717) is 11.1 Å². The largest absolute Gasteiger partial charge is 0.423 e. The van der Waals surface area contributed by atoms with Crippen LogP contribution >= 0.6 is 0 Å². The summed E-state index contributed by atoms with van der Waals surface area (Å²) in [7, 11) is 0. The molecule has 0 saturated heterocycles. The lowest BCUT2D eigenvalue weighted by Crippen LogP contribution is -2.08. The standard InChI is InChI=1S/C30H24F2O4/c1-19(2)29(33)35-25-11-7-5-9-21(25)13-15-23-17-18-24(28(32)27(23)31)16-14-22-10-6-8-12-26(22)36-30(34)20(3)4/h5-18H,1,3H2,2,4H3. The van der Waals surface area contributed by atoms with Gasteiger partial charge in [0.05, 0.1) is 0 Å². The van der Waals surface area contributed by atoms with Crippen molar-refractivity contribution in [2.75, 3.05) is 0 Å². The van der Waals surface area contributed by atoms with Crippen molar-refractivity contribution in [3.8, 4) is 11.5 Å². The molecule has 6 heteroatoms. The van der Waals surface area contributed by atoms with E-state index in [4.69, 9.17) is 9.47 Å². The zero-order valence-corrected chi connectivity index (χ0v) is 19.9. The van der Waals surface area contributed by atoms with Crippen LogP contribution in [0.4, 0.5) is 8.78 Å². The van der Waals surface area contributed by atoms with Crippen LogP contribution in [-0.4, -0.2) is 11.9 Å². The minimum atomic E-state index is -1.04. The van der Waals surface area contributed by atoms with Crippen molar-refractivity contribution in [2.24, 2.45) is 0 Å². The second-order valence-electron chi connectivity index (χ2n) is 7.95. The van der Waals surface area contributed by atoms with Crippen molar-refractivity contribution < 1.29 is 27.8 Å². The molecule has 0 aliphatic rings. The fraction of sp³-hybridized carbons (Fsp3) is 0.0667. The van der Waals surface area contributed by atoms with E-state index in [9.17, 15) is 18.4 Å². The Morgan fingerprint density at radius 2 is 0.944 bits per heavy atom. The van der Waals surface area contributed by atoms with Gasteiger partial charge < -0.3 is 9.47 Å². The van der Waals surface area contributed by atoms with E-state index in [0.717, 1.165) is 0 Å². The highest BCUT2D eigenvalue weighted by Gasteiger charge is 2.12. The summed E-state index contributed by atoms with van der Waals surface area (Å²) in [5, 5.41) is 0. The molecule has 3 aromatic rings. The van der Waals surface area contributed by atoms with Crippen LogP contribution in [0.15, 0.2) is 85.0 Å². The molecular formula is C30H24F2O4. The smallest absolute Gasteiger partial charge is 0.338 e. The zero-order valence-electron chi connectivity index (χ0n) is 19.9. The van der Waals surface area contributed by atoms with Crippen LogP contribution in [0.1, 0.15) is 36.1 Å². The van der Waals surface area contributed by atoms with Crippen LogP contribution in [0.3, 0.4) is 0 Å². The molecule has 0 atom stereocenters. The number of benzene rings is 3. The molecule has 0 aliphatic carbocycles. The topological polar surface area (TPSA) is 52.6 Å². The molecule has 0 aliphatic heterocycles. The fourth-order valence-electron chi connectivity index (χ4n) is 2.99. The molecule has 0 aromatic heterocycles. The number of halogens is 2. The Balaban J connectivity index is 1.84. The Kier molecular flexibility index (Phi) is 8.47. The highest BCUT2D eigenvalue weighted by Crippen LogP contribution is 2.26. The third kappa shape index (κ3) is 6.51. The number of ether oxygens (including phenoxy) is 2. The minimum absolute atomic E-state index is 0.0152. The lowest BCUT2D eigenvalue weighted by molar-refractivity contribution is -0.130. The molecule has 3 aromatic carbocycles. The first-order chi connectivity index (χ1) is 17.2. The third-order valence-corrected chi connectivity index (χ3v) is 4.97. The van der Waals surface area contributed by atoms with Gasteiger partial charge in [-0.15, -0.1) is 0 Å². The lowest BCUT2D eigenvalue weighted by atomic mass is 10.1. The minimum Gasteiger partial charge on any atom is -0.423 e. The molecule has 0 saturated carbocycles. The highest BCUT2D eigenvalue weighted by molar-refractivity contribution is 5.90. The summed E-state index contributed by atoms with van der Waals surface area (Å²) in [4.78, 5) is 23.7. The number of hydrogen-bond donors (Lipinski definition) is 0. The SMILES string of the molecule is C=C(C)C(=O)Oc1ccccc1C=Cc1ccc(C=Cc2ccccc2OC(=O)C(=C)C)c(F)c1F. The van der Waals surface area contributed by atoms with Crippen molar-refractivity contribution in [2.45, 2.75) is 13.8 Å². The van der Waals surface area contributed by atoms with Crippen molar-refractivity contribution >= 4 is 36.2 Å². The number of esters is 2. The van der Waals surface area contributed by atoms with E-state index in [1.165, 1.54) is 50.3 Å². The summed E-state index contributed by atoms with van der Waals surface area (Å²) < 4.78 is 40.2. The van der Waals surface area contributed by atoms with E-state index in [1.54, 1.807) is 48.5 Å². The van der Waals surface area contributed by atoms with Gasteiger partial charge in [0.25, 0.3) is 0 Å². The third-order valence-electron chi connectivity index (χ3n) is 4.97. The van der Waals surface area contributed by atoms with E-state index in [2.05, 4.69) is 13.2 Å². The summed E-state index contributed by atoms with van der Waals surface area (Å²) in [6, 6.07) is 16.3. The lowest BCUT2D eigenvalue weighted by Gasteiger charge is -2.08. The average molecular weight is 487 g/mol. The fourth-order valence-corrected chi connectivity index (χ4v) is 2.99. The first-order valence-corrected chi connectivity index (χ1v) is 10.9. The van der Waals surface area contributed by atoms with Crippen molar-refractivity contribution in [3.05, 3.63) is 119 Å². The molecule has 36 heavy (non-hydrogen) atoms. The molecule has 182 valence electrons. The van der Waals surface area contributed by atoms with Crippen molar-refractivity contribution in [1.82, 2.24) is 0 Å². The Morgan fingerprint density at radius 3 is 1.31 bits per heavy atom. The van der Waals surface area contributed by atoms with Crippen LogP contribution in [0.25, 0.3) is 24.3 Å². The van der Waals surface area contributed by atoms with Gasteiger partial charge in [0.2, 0.25) is 0 Å². The maximum atomic E-state index is 14.8. The summed E-state index contributed by atoms with van der Waals surface area (Å²) in [5.74, 6) is -2.69. The van der Waals surface area contributed by atoms with Crippen molar-refractivity contribution in [1.29, 1.82) is 0 Å². The first kappa shape index (κ1) is 26.0. The van der Waals surface area contributed by atoms with E-state index in [1.807, 2.05) is 0 Å². The van der Waals surface area contributed by atoms with Crippen LogP contribution < -0.4 is 9.47 Å². The van der Waals surface area contributed by atoms with Gasteiger partial charge in [-0.1, -0.05) is 86.0 Å². The molecule has 0 N–H and O–H groups in total. The van der Waals surface area contributed by atoms with Crippen LogP contribution in [0.5, 0.6) is 11.5 Å². The maximum absolute atomic E-state index is 14.8. The number of rotatable bonds is 8. The number of carbonyl (C=O) groups is 2. The predicted molar refractivity (Wildman–Crippen MR) is 138 cm³/mol. The van der Waals surface area contributed by atoms with Gasteiger partial charge in [0, 0.05) is 33.4 Å². The zero-order chi connectivity index (χ0) is 26.2. The first-order valence-electron chi connectivity index (χ1n) is 10.9. The number of para-hydroxylation sites is 2. The van der Waals surface area contributed by atoms with Crippen LogP contribution in [0.2, 0.25) is 0 Å². The van der Waals surface area contributed by atoms with E-state index in [-0.39, 0.29) is 33.8 Å². The molecule has 0 heterocycles. The Hall–Kier alpha value is -4.58. The Morgan fingerprint density at radius 1 is 0.611 bits per heavy atom. The van der Waals surface area contributed by atoms with Gasteiger partial charge in [-0.05, 0) is 26.0 Å². The summed E-state index contributed by atoms with van der Waals surface area (Å²) in [6.45, 7) is 10.2. The molecule has 0 amide bonds. The van der Waals surface area contributed by atoms with Gasteiger partial charge >= 0.3 is 11.9 Å². The number of carbonyl (C=O) groups excluding carboxylic acids is 2. The summed E-state index contributed by atoms with van der Waals surface area (Å²) in [6.07, 6.45) is 5.85. The van der Waals surface area contributed by atoms with E-state index >= 15 is 0 Å². The van der Waals surface area contributed by atoms with Gasteiger partial charge in [-0.2, -0.15) is 0 Å². The number of hydrogen-bond acceptors (Lipinski definition) is 4. The molecule has 4 nitrogen and oxygen atoms in total. The summed E-state index contributed by atoms with van der Waals surface area (Å²) in [5.41, 5.74) is 1.53. The van der Waals surface area contributed by atoms with Gasteiger partial charge in [-0.25, -0.2) is 18.4 Å². The normalized spacial score (nSPS) is 11.0. The molecule has 0 fully saturated rings. The summed E-state index contributed by atoms with van der Waals surface area (Å²) >= 11 is 0. The van der Waals surface area contributed by atoms with Gasteiger partial charge in [0.15, 0.2) is 11.6 Å². The Labute approximate surface area is 208 Å². The Bertz CT molecular complexity index is 1290. The molecule has 3 rings (SSSR count). The van der Waals surface area contributed by atoms with Crippen LogP contribution in [0, 0.1) is 11.6 Å². The predicted octanol–water partition coefficient (Wildman–Crippen LogP) is 7.27. The van der Waals surface area contributed by atoms with Gasteiger partial charge in [-0.3, -0.25) is 0 Å². The quantitative estimate of drug-likeness (QED) is 0.145. The maximum Gasteiger partial charge on any atom is 0.338 e. The molecule has 0 bridgehead atoms. The van der Waals surface area contributed by atoms with Crippen molar-refractivity contribution in [3.63, 3.8) is 0 Å². The monoisotopic (exact) mass is 486 g/mol. The average Bonchev–Trinajstić information content (AvgIpc) is 2.85. The highest BCUT2D eigenvalue weighted by atomic mass is 19.2. The van der Waals surface area contributed by atoms with E-state index < -0.39 is 23.6 Å². The van der Waals surface area contributed by atoms with Gasteiger partial charge in [0.1, 0.15) is 11.5 Å². The second kappa shape index (κ2) is 11.7. The second-order valence-corrected chi connectivity index (χ2v) is 7.95. The molecule has 0 radical (unpaired) electrons.